The second kappa shape index (κ2) is 7.13. The normalized spacial score (nSPS) is 11.5. The molecule has 1 aromatic carbocycles. The molecule has 0 saturated carbocycles. The van der Waals surface area contributed by atoms with E-state index < -0.39 is 29.6 Å². The molecule has 0 aliphatic carbocycles. The average Bonchev–Trinajstić information content (AvgIpc) is 2.44. The summed E-state index contributed by atoms with van der Waals surface area (Å²) in [4.78, 5) is 33.9. The highest BCUT2D eigenvalue weighted by molar-refractivity contribution is 5.99. The lowest BCUT2D eigenvalue weighted by molar-refractivity contribution is -0.142. The Balaban J connectivity index is 2.79. The minimum Gasteiger partial charge on any atom is -0.508 e. The fourth-order valence-corrected chi connectivity index (χ4v) is 1.56. The second-order valence-electron chi connectivity index (χ2n) is 4.18. The first-order chi connectivity index (χ1) is 9.85. The van der Waals surface area contributed by atoms with Crippen molar-refractivity contribution in [3.63, 3.8) is 0 Å². The monoisotopic (exact) mass is 297 g/mol. The summed E-state index contributed by atoms with van der Waals surface area (Å²) in [5.41, 5.74) is -0.265. The summed E-state index contributed by atoms with van der Waals surface area (Å²) in [7, 11) is 1.17. The zero-order valence-electron chi connectivity index (χ0n) is 11.2. The number of nitrogens with one attached hydrogen (secondary N) is 1. The van der Waals surface area contributed by atoms with Gasteiger partial charge in [0.25, 0.3) is 5.91 Å². The molecule has 1 rings (SSSR count). The lowest BCUT2D eigenvalue weighted by Crippen LogP contribution is -2.41. The summed E-state index contributed by atoms with van der Waals surface area (Å²) in [6, 6.07) is 1.97. The van der Waals surface area contributed by atoms with Crippen molar-refractivity contribution in [2.45, 2.75) is 18.9 Å². The number of hydrogen-bond donors (Lipinski definition) is 4. The molecule has 8 heteroatoms. The Morgan fingerprint density at radius 1 is 1.29 bits per heavy atom. The van der Waals surface area contributed by atoms with Crippen LogP contribution >= 0.6 is 0 Å². The van der Waals surface area contributed by atoms with Crippen molar-refractivity contribution in [2.24, 2.45) is 0 Å². The van der Waals surface area contributed by atoms with Crippen LogP contribution in [0.25, 0.3) is 0 Å². The highest BCUT2D eigenvalue weighted by Crippen LogP contribution is 2.22. The summed E-state index contributed by atoms with van der Waals surface area (Å²) in [6.45, 7) is 0. The largest absolute Gasteiger partial charge is 0.508 e. The van der Waals surface area contributed by atoms with Gasteiger partial charge >= 0.3 is 11.9 Å². The molecule has 0 aromatic heterocycles. The molecule has 0 aliphatic heterocycles. The van der Waals surface area contributed by atoms with Gasteiger partial charge < -0.3 is 25.4 Å². The average molecular weight is 297 g/mol. The van der Waals surface area contributed by atoms with Crippen LogP contribution in [0.1, 0.15) is 23.2 Å². The number of carboxylic acid groups (broad SMARTS) is 1. The minimum atomic E-state index is -1.33. The van der Waals surface area contributed by atoms with Gasteiger partial charge in [-0.25, -0.2) is 4.79 Å². The molecule has 4 N–H and O–H groups in total. The number of phenolic OH excluding ortho intramolecular Hbond substituents is 2. The number of aliphatic carboxylic acids is 1. The fourth-order valence-electron chi connectivity index (χ4n) is 1.56. The number of carbonyl (C=O) groups excluding carboxylic acids is 2. The van der Waals surface area contributed by atoms with Gasteiger partial charge in [0.15, 0.2) is 0 Å². The van der Waals surface area contributed by atoms with Crippen LogP contribution in [0.15, 0.2) is 18.2 Å². The SMILES string of the molecule is COC(=O)CC[C@@H](NC(=O)c1cc(O)ccc1O)C(=O)O. The van der Waals surface area contributed by atoms with E-state index in [0.717, 1.165) is 12.1 Å². The van der Waals surface area contributed by atoms with Gasteiger partial charge in [-0.15, -0.1) is 0 Å². The van der Waals surface area contributed by atoms with Gasteiger partial charge in [0.2, 0.25) is 0 Å². The number of hydrogen-bond acceptors (Lipinski definition) is 6. The van der Waals surface area contributed by atoms with Crippen molar-refractivity contribution >= 4 is 17.8 Å². The maximum atomic E-state index is 11.9. The highest BCUT2D eigenvalue weighted by Gasteiger charge is 2.23. The van der Waals surface area contributed by atoms with Gasteiger partial charge in [0, 0.05) is 6.42 Å². The summed E-state index contributed by atoms with van der Waals surface area (Å²) in [6.07, 6.45) is -0.340. The van der Waals surface area contributed by atoms with E-state index in [1.54, 1.807) is 0 Å². The van der Waals surface area contributed by atoms with E-state index >= 15 is 0 Å². The number of ether oxygens (including phenoxy) is 1. The molecule has 1 amide bonds. The summed E-state index contributed by atoms with van der Waals surface area (Å²) < 4.78 is 4.39. The molecule has 8 nitrogen and oxygen atoms in total. The standard InChI is InChI=1S/C13H15NO7/c1-21-11(17)5-3-9(13(19)20)14-12(18)8-6-7(15)2-4-10(8)16/h2,4,6,9,15-16H,3,5H2,1H3,(H,14,18)(H,19,20)/t9-/m1/s1. The Hall–Kier alpha value is -2.77. The third kappa shape index (κ3) is 4.68. The van der Waals surface area contributed by atoms with E-state index in [4.69, 9.17) is 5.11 Å². The third-order valence-corrected chi connectivity index (χ3v) is 2.69. The number of methoxy groups -OCH3 is 1. The van der Waals surface area contributed by atoms with Gasteiger partial charge in [-0.05, 0) is 24.6 Å². The zero-order valence-corrected chi connectivity index (χ0v) is 11.2. The van der Waals surface area contributed by atoms with E-state index in [9.17, 15) is 24.6 Å². The molecule has 0 saturated heterocycles. The first kappa shape index (κ1) is 16.3. The molecule has 0 bridgehead atoms. The van der Waals surface area contributed by atoms with Crippen LogP contribution in [-0.4, -0.2) is 46.3 Å². The number of amides is 1. The molecular formula is C13H15NO7. The van der Waals surface area contributed by atoms with Crippen LogP contribution in [0.5, 0.6) is 11.5 Å². The molecule has 0 unspecified atom stereocenters. The lowest BCUT2D eigenvalue weighted by Gasteiger charge is -2.14. The van der Waals surface area contributed by atoms with Crippen LogP contribution in [0.2, 0.25) is 0 Å². The summed E-state index contributed by atoms with van der Waals surface area (Å²) in [5.74, 6) is -3.45. The Bertz CT molecular complexity index is 555. The van der Waals surface area contributed by atoms with Crippen molar-refractivity contribution in [3.05, 3.63) is 23.8 Å². The molecule has 1 aromatic rings. The minimum absolute atomic E-state index is 0.159. The summed E-state index contributed by atoms with van der Waals surface area (Å²) >= 11 is 0. The lowest BCUT2D eigenvalue weighted by atomic mass is 10.1. The Morgan fingerprint density at radius 2 is 1.95 bits per heavy atom. The van der Waals surface area contributed by atoms with Crippen molar-refractivity contribution < 1.29 is 34.4 Å². The Kier molecular flexibility index (Phi) is 5.53. The molecular weight excluding hydrogens is 282 g/mol. The number of rotatable bonds is 6. The number of carbonyl (C=O) groups is 3. The quantitative estimate of drug-likeness (QED) is 0.436. The first-order valence-corrected chi connectivity index (χ1v) is 5.97. The predicted octanol–water partition coefficient (Wildman–Crippen LogP) is 0.234. The highest BCUT2D eigenvalue weighted by atomic mass is 16.5. The van der Waals surface area contributed by atoms with Crippen molar-refractivity contribution in [1.29, 1.82) is 0 Å². The van der Waals surface area contributed by atoms with Crippen LogP contribution in [0.3, 0.4) is 0 Å². The molecule has 0 heterocycles. The van der Waals surface area contributed by atoms with Gasteiger partial charge in [-0.2, -0.15) is 0 Å². The molecule has 0 radical (unpaired) electrons. The third-order valence-electron chi connectivity index (χ3n) is 2.69. The van der Waals surface area contributed by atoms with Gasteiger partial charge in [0.1, 0.15) is 17.5 Å². The predicted molar refractivity (Wildman–Crippen MR) is 69.9 cm³/mol. The van der Waals surface area contributed by atoms with Crippen LogP contribution < -0.4 is 5.32 Å². The van der Waals surface area contributed by atoms with E-state index in [1.807, 2.05) is 0 Å². The maximum Gasteiger partial charge on any atom is 0.326 e. The van der Waals surface area contributed by atoms with E-state index in [-0.39, 0.29) is 24.2 Å². The number of esters is 1. The molecule has 0 spiro atoms. The zero-order chi connectivity index (χ0) is 16.0. The Morgan fingerprint density at radius 3 is 2.52 bits per heavy atom. The van der Waals surface area contributed by atoms with Crippen molar-refractivity contribution in [1.82, 2.24) is 5.32 Å². The smallest absolute Gasteiger partial charge is 0.326 e. The van der Waals surface area contributed by atoms with Gasteiger partial charge in [-0.3, -0.25) is 9.59 Å². The van der Waals surface area contributed by atoms with Gasteiger partial charge in [-0.1, -0.05) is 0 Å². The van der Waals surface area contributed by atoms with Crippen LogP contribution in [0, 0.1) is 0 Å². The fraction of sp³-hybridized carbons (Fsp3) is 0.308. The molecule has 114 valence electrons. The van der Waals surface area contributed by atoms with E-state index in [1.165, 1.54) is 13.2 Å². The molecule has 1 atom stereocenters. The number of aromatic hydroxyl groups is 2. The Labute approximate surface area is 120 Å². The van der Waals surface area contributed by atoms with Crippen molar-refractivity contribution in [3.8, 4) is 11.5 Å². The van der Waals surface area contributed by atoms with E-state index in [2.05, 4.69) is 10.1 Å². The molecule has 0 aliphatic rings. The first-order valence-electron chi connectivity index (χ1n) is 5.97. The second-order valence-corrected chi connectivity index (χ2v) is 4.18. The van der Waals surface area contributed by atoms with Crippen LogP contribution in [0.4, 0.5) is 0 Å². The molecule has 21 heavy (non-hydrogen) atoms. The number of phenols is 2. The number of benzene rings is 1. The summed E-state index contributed by atoms with van der Waals surface area (Å²) in [5, 5.41) is 30.0. The van der Waals surface area contributed by atoms with Gasteiger partial charge in [0.05, 0.1) is 12.7 Å². The maximum absolute atomic E-state index is 11.9. The molecule has 0 fully saturated rings. The topological polar surface area (TPSA) is 133 Å². The van der Waals surface area contributed by atoms with E-state index in [0.29, 0.717) is 0 Å². The number of carboxylic acids is 1. The van der Waals surface area contributed by atoms with Crippen molar-refractivity contribution in [2.75, 3.05) is 7.11 Å². The van der Waals surface area contributed by atoms with Crippen LogP contribution in [-0.2, 0) is 14.3 Å².